The zero-order valence-corrected chi connectivity index (χ0v) is 14.5. The fourth-order valence-electron chi connectivity index (χ4n) is 2.87. The summed E-state index contributed by atoms with van der Waals surface area (Å²) in [6.07, 6.45) is 1.47. The summed E-state index contributed by atoms with van der Waals surface area (Å²) in [6.45, 7) is 8.13. The molecule has 2 N–H and O–H groups in total. The smallest absolute Gasteiger partial charge is 0.250 e. The van der Waals surface area contributed by atoms with Gasteiger partial charge in [-0.25, -0.2) is 4.98 Å². The van der Waals surface area contributed by atoms with Crippen molar-refractivity contribution >= 4 is 23.3 Å². The lowest BCUT2D eigenvalue weighted by atomic mass is 10.1. The molecule has 0 atom stereocenters. The molecule has 1 saturated heterocycles. The molecule has 3 rings (SSSR count). The molecule has 1 amide bonds. The molecule has 1 fully saturated rings. The zero-order chi connectivity index (χ0) is 17.3. The number of piperazine rings is 1. The molecule has 0 aliphatic carbocycles. The number of hydrogen-bond acceptors (Lipinski definition) is 6. The van der Waals surface area contributed by atoms with Gasteiger partial charge in [-0.3, -0.25) is 9.69 Å². The molecular formula is C16H20ClN5O2. The maximum Gasteiger partial charge on any atom is 0.250 e. The van der Waals surface area contributed by atoms with Gasteiger partial charge < -0.3 is 15.2 Å². The normalized spacial score (nSPS) is 15.7. The summed E-state index contributed by atoms with van der Waals surface area (Å²) >= 11 is 6.25. The van der Waals surface area contributed by atoms with E-state index in [1.807, 2.05) is 13.8 Å². The topological polar surface area (TPSA) is 88.5 Å². The first-order chi connectivity index (χ1) is 11.5. The number of pyridine rings is 1. The van der Waals surface area contributed by atoms with Gasteiger partial charge in [0.2, 0.25) is 5.91 Å². The third-order valence-electron chi connectivity index (χ3n) is 4.34. The third kappa shape index (κ3) is 3.37. The molecule has 0 radical (unpaired) electrons. The monoisotopic (exact) mass is 349 g/mol. The molecule has 0 spiro atoms. The van der Waals surface area contributed by atoms with E-state index < -0.39 is 5.91 Å². The van der Waals surface area contributed by atoms with Crippen molar-refractivity contribution in [1.29, 1.82) is 0 Å². The largest absolute Gasteiger partial charge is 0.366 e. The average molecular weight is 350 g/mol. The van der Waals surface area contributed by atoms with E-state index in [0.717, 1.165) is 49.7 Å². The van der Waals surface area contributed by atoms with Crippen LogP contribution in [0.5, 0.6) is 0 Å². The van der Waals surface area contributed by atoms with E-state index in [-0.39, 0.29) is 0 Å². The van der Waals surface area contributed by atoms with Gasteiger partial charge in [0.25, 0.3) is 0 Å². The number of aryl methyl sites for hydroxylation is 2. The Kier molecular flexibility index (Phi) is 4.73. The number of primary amides is 1. The molecule has 128 valence electrons. The number of anilines is 1. The number of amides is 1. The van der Waals surface area contributed by atoms with Gasteiger partial charge in [-0.15, -0.1) is 0 Å². The molecule has 1 aliphatic rings. The summed E-state index contributed by atoms with van der Waals surface area (Å²) in [7, 11) is 0. The van der Waals surface area contributed by atoms with Crippen LogP contribution >= 0.6 is 11.6 Å². The average Bonchev–Trinajstić information content (AvgIpc) is 2.87. The maximum absolute atomic E-state index is 11.2. The highest BCUT2D eigenvalue weighted by molar-refractivity contribution is 6.33. The molecule has 7 nitrogen and oxygen atoms in total. The van der Waals surface area contributed by atoms with Gasteiger partial charge in [0.1, 0.15) is 11.6 Å². The molecule has 0 saturated carbocycles. The molecule has 24 heavy (non-hydrogen) atoms. The van der Waals surface area contributed by atoms with Crippen molar-refractivity contribution < 1.29 is 9.32 Å². The van der Waals surface area contributed by atoms with Crippen LogP contribution in [0, 0.1) is 13.8 Å². The summed E-state index contributed by atoms with van der Waals surface area (Å²) in [4.78, 5) is 20.0. The zero-order valence-electron chi connectivity index (χ0n) is 13.8. The number of halogens is 1. The van der Waals surface area contributed by atoms with E-state index in [1.165, 1.54) is 6.20 Å². The maximum atomic E-state index is 11.2. The molecule has 0 unspecified atom stereocenters. The van der Waals surface area contributed by atoms with Gasteiger partial charge in [-0.05, 0) is 19.9 Å². The molecule has 3 heterocycles. The summed E-state index contributed by atoms with van der Waals surface area (Å²) in [5.74, 6) is 1.04. The Bertz CT molecular complexity index is 733. The highest BCUT2D eigenvalue weighted by Crippen LogP contribution is 2.25. The molecule has 8 heteroatoms. The van der Waals surface area contributed by atoms with Gasteiger partial charge >= 0.3 is 0 Å². The van der Waals surface area contributed by atoms with Crippen molar-refractivity contribution in [3.8, 4) is 0 Å². The second-order valence-electron chi connectivity index (χ2n) is 5.96. The predicted octanol–water partition coefficient (Wildman–Crippen LogP) is 1.76. The van der Waals surface area contributed by atoms with E-state index in [9.17, 15) is 4.79 Å². The standard InChI is InChI=1S/C16H20ClN5O2/c1-10-13(11(2)24-20-10)9-21-3-5-22(6-4-21)16-14(17)7-12(8-19-16)15(18)23/h7-8H,3-6,9H2,1-2H3,(H2,18,23). The van der Waals surface area contributed by atoms with E-state index in [0.29, 0.717) is 16.4 Å². The minimum Gasteiger partial charge on any atom is -0.366 e. The summed E-state index contributed by atoms with van der Waals surface area (Å²) in [5, 5.41) is 4.45. The van der Waals surface area contributed by atoms with Crippen molar-refractivity contribution in [1.82, 2.24) is 15.0 Å². The van der Waals surface area contributed by atoms with Crippen LogP contribution < -0.4 is 10.6 Å². The first-order valence-electron chi connectivity index (χ1n) is 7.80. The minimum absolute atomic E-state index is 0.320. The van der Waals surface area contributed by atoms with Crippen molar-refractivity contribution in [2.45, 2.75) is 20.4 Å². The van der Waals surface area contributed by atoms with Gasteiger partial charge in [0.05, 0.1) is 16.3 Å². The molecule has 0 aromatic carbocycles. The van der Waals surface area contributed by atoms with Crippen molar-refractivity contribution in [3.05, 3.63) is 39.9 Å². The Morgan fingerprint density at radius 2 is 2.04 bits per heavy atom. The lowest BCUT2D eigenvalue weighted by Crippen LogP contribution is -2.46. The lowest BCUT2D eigenvalue weighted by molar-refractivity contribution is 0.1000. The van der Waals surface area contributed by atoms with Crippen molar-refractivity contribution in [3.63, 3.8) is 0 Å². The highest BCUT2D eigenvalue weighted by Gasteiger charge is 2.22. The van der Waals surface area contributed by atoms with Crippen LogP contribution in [0.15, 0.2) is 16.8 Å². The Balaban J connectivity index is 1.64. The van der Waals surface area contributed by atoms with Crippen LogP contribution in [0.25, 0.3) is 0 Å². The lowest BCUT2D eigenvalue weighted by Gasteiger charge is -2.35. The fourth-order valence-corrected chi connectivity index (χ4v) is 3.15. The van der Waals surface area contributed by atoms with Crippen LogP contribution in [0.4, 0.5) is 5.82 Å². The molecule has 2 aromatic heterocycles. The number of hydrogen-bond donors (Lipinski definition) is 1. The van der Waals surface area contributed by atoms with Gasteiger partial charge in [0.15, 0.2) is 0 Å². The Morgan fingerprint density at radius 1 is 1.33 bits per heavy atom. The summed E-state index contributed by atoms with van der Waals surface area (Å²) < 4.78 is 5.22. The Labute approximate surface area is 145 Å². The van der Waals surface area contributed by atoms with Crippen molar-refractivity contribution in [2.24, 2.45) is 5.73 Å². The predicted molar refractivity (Wildman–Crippen MR) is 91.2 cm³/mol. The van der Waals surface area contributed by atoms with Gasteiger partial charge in [0, 0.05) is 44.5 Å². The van der Waals surface area contributed by atoms with Crippen LogP contribution in [-0.4, -0.2) is 47.1 Å². The van der Waals surface area contributed by atoms with E-state index >= 15 is 0 Å². The van der Waals surface area contributed by atoms with E-state index in [2.05, 4.69) is 19.9 Å². The van der Waals surface area contributed by atoms with Gasteiger partial charge in [-0.1, -0.05) is 16.8 Å². The molecular weight excluding hydrogens is 330 g/mol. The van der Waals surface area contributed by atoms with Crippen LogP contribution in [0.1, 0.15) is 27.4 Å². The number of aromatic nitrogens is 2. The van der Waals surface area contributed by atoms with E-state index in [1.54, 1.807) is 6.07 Å². The summed E-state index contributed by atoms with van der Waals surface area (Å²) in [6, 6.07) is 1.57. The molecule has 2 aromatic rings. The first-order valence-corrected chi connectivity index (χ1v) is 8.18. The SMILES string of the molecule is Cc1noc(C)c1CN1CCN(c2ncc(C(N)=O)cc2Cl)CC1. The highest BCUT2D eigenvalue weighted by atomic mass is 35.5. The Morgan fingerprint density at radius 3 is 2.58 bits per heavy atom. The van der Waals surface area contributed by atoms with E-state index in [4.69, 9.17) is 21.9 Å². The van der Waals surface area contributed by atoms with Gasteiger partial charge in [-0.2, -0.15) is 0 Å². The molecule has 1 aliphatic heterocycles. The number of carbonyl (C=O) groups excluding carboxylic acids is 1. The molecule has 0 bridgehead atoms. The quantitative estimate of drug-likeness (QED) is 0.904. The minimum atomic E-state index is -0.528. The fraction of sp³-hybridized carbons (Fsp3) is 0.438. The summed E-state index contributed by atoms with van der Waals surface area (Å²) in [5.41, 5.74) is 7.67. The number of nitrogens with two attached hydrogens (primary N) is 1. The number of rotatable bonds is 4. The second-order valence-corrected chi connectivity index (χ2v) is 6.37. The number of carbonyl (C=O) groups is 1. The first kappa shape index (κ1) is 16.7. The Hall–Kier alpha value is -2.12. The van der Waals surface area contributed by atoms with Crippen LogP contribution in [0.3, 0.4) is 0 Å². The second kappa shape index (κ2) is 6.78. The van der Waals surface area contributed by atoms with Crippen molar-refractivity contribution in [2.75, 3.05) is 31.1 Å². The van der Waals surface area contributed by atoms with Crippen LogP contribution in [0.2, 0.25) is 5.02 Å². The van der Waals surface area contributed by atoms with Crippen LogP contribution in [-0.2, 0) is 6.54 Å². The number of nitrogens with zero attached hydrogens (tertiary/aromatic N) is 4. The third-order valence-corrected chi connectivity index (χ3v) is 4.62.